The summed E-state index contributed by atoms with van der Waals surface area (Å²) in [6.45, 7) is 8.65. The summed E-state index contributed by atoms with van der Waals surface area (Å²) in [5.74, 6) is 0. The normalized spacial score (nSPS) is 12.3. The predicted molar refractivity (Wildman–Crippen MR) is 130 cm³/mol. The van der Waals surface area contributed by atoms with Gasteiger partial charge in [0.2, 0.25) is 0 Å². The predicted octanol–water partition coefficient (Wildman–Crippen LogP) is 6.81. The van der Waals surface area contributed by atoms with E-state index >= 15 is 0 Å². The van der Waals surface area contributed by atoms with Gasteiger partial charge in [-0.25, -0.2) is 0 Å². The first kappa shape index (κ1) is 15.8. The summed E-state index contributed by atoms with van der Waals surface area (Å²) in [5.41, 5.74) is 7.05. The van der Waals surface area contributed by atoms with Crippen LogP contribution in [0.2, 0.25) is 0 Å². The molecule has 3 aromatic heterocycles. The molecule has 0 atom stereocenters. The standard InChI is InChI=1S/C28H18N2/c1-3-18-27-24(30-23-11-7-5-8-19(23)16(2)28(18)30)15-13-17-12-14-22-26(25(17)27)20-9-4-6-10-21(20)29-22/h3-15,29H,1-2H2. The van der Waals surface area contributed by atoms with Crippen LogP contribution in [0.4, 0.5) is 0 Å². The highest BCUT2D eigenvalue weighted by atomic mass is 14.9. The van der Waals surface area contributed by atoms with Crippen LogP contribution in [0.25, 0.3) is 72.6 Å². The van der Waals surface area contributed by atoms with Crippen molar-refractivity contribution in [2.75, 3.05) is 0 Å². The van der Waals surface area contributed by atoms with E-state index < -0.39 is 0 Å². The molecule has 30 heavy (non-hydrogen) atoms. The van der Waals surface area contributed by atoms with E-state index in [1.807, 2.05) is 6.08 Å². The lowest BCUT2D eigenvalue weighted by molar-refractivity contribution is 1.36. The van der Waals surface area contributed by atoms with Crippen molar-refractivity contribution in [2.24, 2.45) is 0 Å². The fraction of sp³-hybridized carbons (Fsp3) is 0. The molecule has 0 amide bonds. The molecule has 3 heterocycles. The maximum absolute atomic E-state index is 4.45. The van der Waals surface area contributed by atoms with E-state index in [2.05, 4.69) is 95.3 Å². The number of rotatable bonds is 1. The minimum absolute atomic E-state index is 1.07. The number of fused-ring (bicyclic) bond motifs is 11. The first-order chi connectivity index (χ1) is 14.8. The summed E-state index contributed by atoms with van der Waals surface area (Å²) in [5, 5.41) is 8.57. The number of aromatic nitrogens is 2. The molecule has 0 aliphatic heterocycles. The zero-order valence-corrected chi connectivity index (χ0v) is 16.4. The number of benzene rings is 4. The highest BCUT2D eigenvalue weighted by molar-refractivity contribution is 6.30. The Bertz CT molecular complexity index is 1880. The summed E-state index contributed by atoms with van der Waals surface area (Å²) in [6, 6.07) is 25.9. The van der Waals surface area contributed by atoms with Crippen LogP contribution in [0.3, 0.4) is 0 Å². The molecular weight excluding hydrogens is 364 g/mol. The van der Waals surface area contributed by atoms with E-state index in [0.717, 1.165) is 21.8 Å². The molecule has 1 N–H and O–H groups in total. The third kappa shape index (κ3) is 1.71. The third-order valence-electron chi connectivity index (χ3n) is 6.58. The number of aromatic amines is 1. The molecule has 2 heteroatoms. The summed E-state index contributed by atoms with van der Waals surface area (Å²) >= 11 is 0. The van der Waals surface area contributed by atoms with Crippen LogP contribution in [-0.4, -0.2) is 9.38 Å². The van der Waals surface area contributed by atoms with Gasteiger partial charge in [0.15, 0.2) is 0 Å². The van der Waals surface area contributed by atoms with E-state index in [9.17, 15) is 0 Å². The number of hydrogen-bond acceptors (Lipinski definition) is 0. The zero-order valence-electron chi connectivity index (χ0n) is 16.4. The second kappa shape index (κ2) is 5.31. The SMILES string of the molecule is C=Cc1c2c3c(ccc4[nH]c5ccccc5c43)ccc2n2c1c(=C)c1ccccc12. The molecule has 140 valence electrons. The number of hydrogen-bond donors (Lipinski definition) is 1. The van der Waals surface area contributed by atoms with Gasteiger partial charge in [-0.05, 0) is 29.7 Å². The minimum atomic E-state index is 1.07. The molecule has 4 aromatic carbocycles. The van der Waals surface area contributed by atoms with Gasteiger partial charge < -0.3 is 9.38 Å². The van der Waals surface area contributed by atoms with Crippen molar-refractivity contribution in [2.45, 2.75) is 0 Å². The fourth-order valence-electron chi connectivity index (χ4n) is 5.36. The molecule has 7 aromatic rings. The highest BCUT2D eigenvalue weighted by Gasteiger charge is 2.19. The monoisotopic (exact) mass is 382 g/mol. The Morgan fingerprint density at radius 1 is 0.700 bits per heavy atom. The lowest BCUT2D eigenvalue weighted by atomic mass is 9.97. The highest BCUT2D eigenvalue weighted by Crippen LogP contribution is 2.40. The zero-order chi connectivity index (χ0) is 20.0. The summed E-state index contributed by atoms with van der Waals surface area (Å²) < 4.78 is 2.36. The largest absolute Gasteiger partial charge is 0.354 e. The summed E-state index contributed by atoms with van der Waals surface area (Å²) in [6.07, 6.45) is 2.00. The van der Waals surface area contributed by atoms with Crippen molar-refractivity contribution >= 4 is 72.6 Å². The Hall–Kier alpha value is -4.04. The van der Waals surface area contributed by atoms with E-state index in [0.29, 0.717) is 0 Å². The quantitative estimate of drug-likeness (QED) is 0.322. The van der Waals surface area contributed by atoms with E-state index in [1.165, 1.54) is 48.9 Å². The number of nitrogens with one attached hydrogen (secondary N) is 1. The average Bonchev–Trinajstić information content (AvgIpc) is 3.42. The van der Waals surface area contributed by atoms with E-state index in [-0.39, 0.29) is 0 Å². The van der Waals surface area contributed by atoms with Gasteiger partial charge in [0.25, 0.3) is 0 Å². The fourth-order valence-corrected chi connectivity index (χ4v) is 5.36. The Balaban J connectivity index is 1.88. The van der Waals surface area contributed by atoms with Crippen LogP contribution < -0.4 is 5.22 Å². The van der Waals surface area contributed by atoms with Crippen LogP contribution in [0, 0.1) is 0 Å². The Morgan fingerprint density at radius 2 is 1.47 bits per heavy atom. The second-order valence-electron chi connectivity index (χ2n) is 8.01. The van der Waals surface area contributed by atoms with Crippen LogP contribution in [0.15, 0.2) is 79.4 Å². The van der Waals surface area contributed by atoms with Crippen LogP contribution >= 0.6 is 0 Å². The Kier molecular flexibility index (Phi) is 2.80. The number of para-hydroxylation sites is 2. The van der Waals surface area contributed by atoms with Crippen LogP contribution in [0.1, 0.15) is 5.56 Å². The van der Waals surface area contributed by atoms with Crippen molar-refractivity contribution in [3.8, 4) is 0 Å². The molecule has 0 spiro atoms. The molecule has 0 fully saturated rings. The van der Waals surface area contributed by atoms with Gasteiger partial charge in [-0.15, -0.1) is 0 Å². The molecule has 0 radical (unpaired) electrons. The van der Waals surface area contributed by atoms with Crippen molar-refractivity contribution in [1.82, 2.24) is 9.38 Å². The van der Waals surface area contributed by atoms with Gasteiger partial charge in [0.1, 0.15) is 0 Å². The van der Waals surface area contributed by atoms with Crippen molar-refractivity contribution in [3.63, 3.8) is 0 Å². The first-order valence-electron chi connectivity index (χ1n) is 10.2. The molecule has 0 bridgehead atoms. The summed E-state index contributed by atoms with van der Waals surface area (Å²) in [7, 11) is 0. The minimum Gasteiger partial charge on any atom is -0.354 e. The van der Waals surface area contributed by atoms with Gasteiger partial charge in [-0.2, -0.15) is 0 Å². The molecule has 0 aliphatic carbocycles. The van der Waals surface area contributed by atoms with E-state index in [1.54, 1.807) is 0 Å². The van der Waals surface area contributed by atoms with Gasteiger partial charge in [-0.1, -0.05) is 67.8 Å². The topological polar surface area (TPSA) is 20.2 Å². The number of nitrogens with zero attached hydrogens (tertiary/aromatic N) is 1. The van der Waals surface area contributed by atoms with Gasteiger partial charge in [0, 0.05) is 48.7 Å². The summed E-state index contributed by atoms with van der Waals surface area (Å²) in [4.78, 5) is 3.60. The second-order valence-corrected chi connectivity index (χ2v) is 8.01. The van der Waals surface area contributed by atoms with Gasteiger partial charge in [-0.3, -0.25) is 0 Å². The van der Waals surface area contributed by atoms with E-state index in [4.69, 9.17) is 0 Å². The van der Waals surface area contributed by atoms with Crippen LogP contribution in [0.5, 0.6) is 0 Å². The molecule has 0 saturated heterocycles. The lowest BCUT2D eigenvalue weighted by Crippen LogP contribution is -1.94. The Morgan fingerprint density at radius 3 is 2.33 bits per heavy atom. The van der Waals surface area contributed by atoms with Crippen molar-refractivity contribution in [3.05, 3.63) is 90.2 Å². The molecule has 2 nitrogen and oxygen atoms in total. The molecule has 0 aliphatic rings. The average molecular weight is 382 g/mol. The maximum atomic E-state index is 4.45. The molecular formula is C28H18N2. The van der Waals surface area contributed by atoms with Gasteiger partial charge in [0.05, 0.1) is 16.6 Å². The lowest BCUT2D eigenvalue weighted by Gasteiger charge is -2.05. The molecule has 0 unspecified atom stereocenters. The van der Waals surface area contributed by atoms with Gasteiger partial charge >= 0.3 is 0 Å². The maximum Gasteiger partial charge on any atom is 0.0614 e. The van der Waals surface area contributed by atoms with Crippen molar-refractivity contribution in [1.29, 1.82) is 0 Å². The van der Waals surface area contributed by atoms with Crippen molar-refractivity contribution < 1.29 is 0 Å². The third-order valence-corrected chi connectivity index (χ3v) is 6.58. The Labute approximate surface area is 172 Å². The van der Waals surface area contributed by atoms with Crippen LogP contribution in [-0.2, 0) is 0 Å². The first-order valence-corrected chi connectivity index (χ1v) is 10.2. The molecule has 7 rings (SSSR count). The number of H-pyrrole nitrogens is 1. The smallest absolute Gasteiger partial charge is 0.0614 e. The molecule has 0 saturated carbocycles.